The molecule has 46 heavy (non-hydrogen) atoms. The zero-order valence-corrected chi connectivity index (χ0v) is 28.1. The second kappa shape index (κ2) is 10.7. The highest BCUT2D eigenvalue weighted by Gasteiger charge is 2.37. The van der Waals surface area contributed by atoms with Crippen molar-refractivity contribution < 1.29 is 4.79 Å². The van der Waals surface area contributed by atoms with Crippen molar-refractivity contribution in [3.8, 4) is 0 Å². The lowest BCUT2D eigenvalue weighted by atomic mass is 9.83. The van der Waals surface area contributed by atoms with E-state index in [4.69, 9.17) is 5.73 Å². The van der Waals surface area contributed by atoms with Crippen molar-refractivity contribution in [3.05, 3.63) is 116 Å². The number of fused-ring (bicyclic) bond motifs is 8. The monoisotopic (exact) mass is 622 g/mol. The number of nitrogen functional groups attached to an aromatic ring is 1. The lowest BCUT2D eigenvalue weighted by Gasteiger charge is -2.28. The molecule has 0 saturated carbocycles. The minimum absolute atomic E-state index is 0.123. The normalized spacial score (nSPS) is 17.5. The lowest BCUT2D eigenvalue weighted by molar-refractivity contribution is -0.120. The van der Waals surface area contributed by atoms with Gasteiger partial charge in [0, 0.05) is 86.5 Å². The van der Waals surface area contributed by atoms with E-state index in [0.29, 0.717) is 13.1 Å². The summed E-state index contributed by atoms with van der Waals surface area (Å²) in [5, 5.41) is 2.99. The first-order chi connectivity index (χ1) is 21.5. The maximum absolute atomic E-state index is 13.4. The Hall–Kier alpha value is -4.73. The summed E-state index contributed by atoms with van der Waals surface area (Å²) in [6, 6.07) is 16.8. The number of carbonyl (C=O) groups is 1. The van der Waals surface area contributed by atoms with Crippen molar-refractivity contribution in [1.82, 2.24) is 34.8 Å². The van der Waals surface area contributed by atoms with Gasteiger partial charge in [-0.3, -0.25) is 9.36 Å². The van der Waals surface area contributed by atoms with E-state index in [2.05, 4.69) is 128 Å². The molecule has 0 spiro atoms. The van der Waals surface area contributed by atoms with Crippen LogP contribution in [0.5, 0.6) is 0 Å². The number of aromatic nitrogens is 6. The summed E-state index contributed by atoms with van der Waals surface area (Å²) in [6.45, 7) is 18.3. The fourth-order valence-corrected chi connectivity index (χ4v) is 6.64. The number of rotatable bonds is 5. The standard InChI is InChI=1S/C36H46N8O2/c1-33(2)22-9-10-23(39-22)34(3,4)25-13-14-27(41-25)36(7,8)31-21(19-28(42-31)35(5,6)26-12-11-24(33)40-26)20-30(45)38-16-18-44-17-15-29(37)43-32(44)46/h9-15,17,19,39-42H,16,18,20H2,1-8H3,(H,38,45)(H2,37,43,46). The summed E-state index contributed by atoms with van der Waals surface area (Å²) in [6.07, 6.45) is 1.78. The summed E-state index contributed by atoms with van der Waals surface area (Å²) in [5.74, 6) is 0.0528. The number of nitrogens with zero attached hydrogens (tertiary/aromatic N) is 2. The molecule has 5 aromatic heterocycles. The molecular weight excluding hydrogens is 576 g/mol. The van der Waals surface area contributed by atoms with E-state index in [9.17, 15) is 9.59 Å². The van der Waals surface area contributed by atoms with Crippen molar-refractivity contribution in [2.45, 2.75) is 90.0 Å². The topological polar surface area (TPSA) is 153 Å². The Morgan fingerprint density at radius 1 is 0.717 bits per heavy atom. The number of carbonyl (C=O) groups excluding carboxylic acids is 1. The molecule has 8 bridgehead atoms. The Balaban J connectivity index is 1.40. The quantitative estimate of drug-likeness (QED) is 0.161. The SMILES string of the molecule is CC1(C)c2ccc([nH]2)C(C)(C)c2ccc([nH]2)C(C)(C)c2[nH]c(cc2CC(=O)NCCn2ccc(N)nc2=O)C(C)(C)c2ccc1[nH]2. The number of aromatic amines is 4. The highest BCUT2D eigenvalue weighted by molar-refractivity contribution is 5.79. The molecule has 6 heterocycles. The van der Waals surface area contributed by atoms with Crippen molar-refractivity contribution in [3.63, 3.8) is 0 Å². The van der Waals surface area contributed by atoms with E-state index in [1.54, 1.807) is 12.3 Å². The van der Waals surface area contributed by atoms with E-state index in [1.807, 2.05) is 0 Å². The van der Waals surface area contributed by atoms with Gasteiger partial charge in [0.15, 0.2) is 0 Å². The first kappa shape index (κ1) is 31.3. The Morgan fingerprint density at radius 2 is 1.17 bits per heavy atom. The first-order valence-electron chi connectivity index (χ1n) is 15.9. The van der Waals surface area contributed by atoms with Crippen molar-refractivity contribution in [2.24, 2.45) is 0 Å². The molecule has 0 aromatic carbocycles. The number of anilines is 1. The van der Waals surface area contributed by atoms with Crippen LogP contribution in [0.1, 0.15) is 107 Å². The third-order valence-corrected chi connectivity index (χ3v) is 10.2. The maximum Gasteiger partial charge on any atom is 0.349 e. The Bertz CT molecular complexity index is 1970. The third-order valence-electron chi connectivity index (χ3n) is 10.2. The Morgan fingerprint density at radius 3 is 1.65 bits per heavy atom. The summed E-state index contributed by atoms with van der Waals surface area (Å²) < 4.78 is 1.43. The van der Waals surface area contributed by atoms with Crippen LogP contribution in [0.2, 0.25) is 0 Å². The van der Waals surface area contributed by atoms with Gasteiger partial charge in [-0.15, -0.1) is 0 Å². The Labute approximate surface area is 269 Å². The van der Waals surface area contributed by atoms with Crippen molar-refractivity contribution in [2.75, 3.05) is 12.3 Å². The van der Waals surface area contributed by atoms with E-state index < -0.39 is 16.5 Å². The van der Waals surface area contributed by atoms with Crippen LogP contribution in [-0.4, -0.2) is 41.9 Å². The second-order valence-electron chi connectivity index (χ2n) is 14.8. The van der Waals surface area contributed by atoms with Gasteiger partial charge in [0.2, 0.25) is 5.91 Å². The van der Waals surface area contributed by atoms with Crippen LogP contribution in [-0.2, 0) is 39.4 Å². The van der Waals surface area contributed by atoms with Crippen LogP contribution in [0.4, 0.5) is 5.82 Å². The van der Waals surface area contributed by atoms with Gasteiger partial charge in [0.25, 0.3) is 0 Å². The van der Waals surface area contributed by atoms with E-state index in [0.717, 1.165) is 51.1 Å². The molecule has 5 aromatic rings. The van der Waals surface area contributed by atoms with Crippen molar-refractivity contribution in [1.29, 1.82) is 0 Å². The average Bonchev–Trinajstić information content (AvgIpc) is 3.79. The predicted octanol–water partition coefficient (Wildman–Crippen LogP) is 5.11. The number of nitrogens with one attached hydrogen (secondary N) is 5. The third kappa shape index (κ3) is 5.19. The number of amides is 1. The van der Waals surface area contributed by atoms with Gasteiger partial charge < -0.3 is 31.0 Å². The molecule has 0 saturated heterocycles. The zero-order valence-electron chi connectivity index (χ0n) is 28.1. The van der Waals surface area contributed by atoms with Crippen molar-refractivity contribution >= 4 is 11.7 Å². The second-order valence-corrected chi connectivity index (χ2v) is 14.8. The fraction of sp³-hybridized carbons (Fsp3) is 0.417. The molecule has 1 aliphatic rings. The molecule has 0 aliphatic carbocycles. The highest BCUT2D eigenvalue weighted by atomic mass is 16.2. The maximum atomic E-state index is 13.4. The molecule has 10 heteroatoms. The molecule has 1 amide bonds. The molecular formula is C36H46N8O2. The Kier molecular flexibility index (Phi) is 7.25. The van der Waals surface area contributed by atoms with Crippen LogP contribution in [0, 0.1) is 0 Å². The van der Waals surface area contributed by atoms with Crippen LogP contribution < -0.4 is 16.7 Å². The number of hydrogen-bond acceptors (Lipinski definition) is 4. The summed E-state index contributed by atoms with van der Waals surface area (Å²) in [4.78, 5) is 44.3. The lowest BCUT2D eigenvalue weighted by Crippen LogP contribution is -2.33. The molecule has 10 nitrogen and oxygen atoms in total. The van der Waals surface area contributed by atoms with Crippen LogP contribution in [0.15, 0.2) is 59.5 Å². The minimum Gasteiger partial charge on any atom is -0.383 e. The highest BCUT2D eigenvalue weighted by Crippen LogP contribution is 2.42. The average molecular weight is 623 g/mol. The number of nitrogens with two attached hydrogens (primary N) is 1. The van der Waals surface area contributed by atoms with E-state index in [-0.39, 0.29) is 29.0 Å². The van der Waals surface area contributed by atoms with Gasteiger partial charge in [0.05, 0.1) is 6.42 Å². The molecule has 0 fully saturated rings. The summed E-state index contributed by atoms with van der Waals surface area (Å²) >= 11 is 0. The molecule has 1 aliphatic heterocycles. The van der Waals surface area contributed by atoms with E-state index >= 15 is 0 Å². The minimum atomic E-state index is -0.470. The van der Waals surface area contributed by atoms with Gasteiger partial charge in [0.1, 0.15) is 5.82 Å². The van der Waals surface area contributed by atoms with Crippen LogP contribution in [0.3, 0.4) is 0 Å². The zero-order chi connectivity index (χ0) is 33.2. The van der Waals surface area contributed by atoms with Gasteiger partial charge in [-0.05, 0) is 109 Å². The summed E-state index contributed by atoms with van der Waals surface area (Å²) in [5.41, 5.74) is 13.3. The molecule has 7 N–H and O–H groups in total. The largest absolute Gasteiger partial charge is 0.383 e. The number of hydrogen-bond donors (Lipinski definition) is 6. The molecule has 0 unspecified atom stereocenters. The number of H-pyrrole nitrogens is 4. The van der Waals surface area contributed by atoms with Crippen LogP contribution >= 0.6 is 0 Å². The molecule has 0 atom stereocenters. The van der Waals surface area contributed by atoms with Gasteiger partial charge in [-0.25, -0.2) is 4.79 Å². The van der Waals surface area contributed by atoms with Gasteiger partial charge in [-0.2, -0.15) is 4.98 Å². The summed E-state index contributed by atoms with van der Waals surface area (Å²) in [7, 11) is 0. The molecule has 0 radical (unpaired) electrons. The predicted molar refractivity (Wildman–Crippen MR) is 181 cm³/mol. The molecule has 6 rings (SSSR count). The fourth-order valence-electron chi connectivity index (χ4n) is 6.64. The van der Waals surface area contributed by atoms with Gasteiger partial charge in [-0.1, -0.05) is 0 Å². The molecule has 242 valence electrons. The first-order valence-corrected chi connectivity index (χ1v) is 15.9. The smallest absolute Gasteiger partial charge is 0.349 e. The van der Waals surface area contributed by atoms with E-state index in [1.165, 1.54) is 4.57 Å². The van der Waals surface area contributed by atoms with Crippen LogP contribution in [0.25, 0.3) is 0 Å². The van der Waals surface area contributed by atoms with Gasteiger partial charge >= 0.3 is 5.69 Å².